The largest absolute Gasteiger partial charge is 0.408 e. The highest BCUT2D eigenvalue weighted by Gasteiger charge is 2.46. The number of pyridine rings is 1. The Morgan fingerprint density at radius 2 is 1.84 bits per heavy atom. The van der Waals surface area contributed by atoms with Gasteiger partial charge in [-0.05, 0) is 48.7 Å². The smallest absolute Gasteiger partial charge is 0.393 e. The quantitative estimate of drug-likeness (QED) is 0.177. The molecule has 0 unspecified atom stereocenters. The fourth-order valence-electron chi connectivity index (χ4n) is 5.64. The number of nitrogens with one attached hydrogen (secondary N) is 1. The number of aliphatic hydroxyl groups excluding tert-OH is 1. The molecular formula is C32H24ClF5N4O3. The predicted molar refractivity (Wildman–Crippen MR) is 157 cm³/mol. The summed E-state index contributed by atoms with van der Waals surface area (Å²) in [4.78, 5) is 30.8. The third kappa shape index (κ3) is 6.18. The van der Waals surface area contributed by atoms with Gasteiger partial charge in [-0.25, -0.2) is 8.78 Å². The zero-order valence-corrected chi connectivity index (χ0v) is 24.1. The molecule has 3 aromatic carbocycles. The van der Waals surface area contributed by atoms with Crippen molar-refractivity contribution < 1.29 is 36.6 Å². The van der Waals surface area contributed by atoms with Gasteiger partial charge in [0, 0.05) is 46.4 Å². The topological polar surface area (TPSA) is 106 Å². The normalized spacial score (nSPS) is 16.3. The van der Waals surface area contributed by atoms with Crippen molar-refractivity contribution in [3.63, 3.8) is 0 Å². The summed E-state index contributed by atoms with van der Waals surface area (Å²) in [5, 5.41) is 22.5. The average Bonchev–Trinajstić information content (AvgIpc) is 3.52. The van der Waals surface area contributed by atoms with Gasteiger partial charge >= 0.3 is 6.18 Å². The minimum atomic E-state index is -4.61. The van der Waals surface area contributed by atoms with Crippen LogP contribution in [0.15, 0.2) is 60.8 Å². The summed E-state index contributed by atoms with van der Waals surface area (Å²) in [6.45, 7) is -1.03. The molecule has 45 heavy (non-hydrogen) atoms. The van der Waals surface area contributed by atoms with Crippen LogP contribution in [0.5, 0.6) is 0 Å². The number of nitriles is 1. The molecule has 0 bridgehead atoms. The minimum absolute atomic E-state index is 0.0770. The zero-order chi connectivity index (χ0) is 32.5. The van der Waals surface area contributed by atoms with Crippen molar-refractivity contribution in [2.45, 2.75) is 37.0 Å². The number of anilines is 1. The van der Waals surface area contributed by atoms with Crippen LogP contribution in [0.4, 0.5) is 27.6 Å². The van der Waals surface area contributed by atoms with Gasteiger partial charge in [0.05, 0.1) is 23.8 Å². The molecule has 2 heterocycles. The lowest BCUT2D eigenvalue weighted by molar-refractivity contribution is -0.146. The number of halogens is 6. The van der Waals surface area contributed by atoms with Gasteiger partial charge in [-0.15, -0.1) is 0 Å². The SMILES string of the molecule is N#Cc1ccc(-c2ccc(C[C@@](C=O)(CO)NC(=O)c3c(F)cc(N4CCC[C@@H]4C(F)(F)F)cc3F)c3cccnc23)c(Cl)c1. The number of aromatic nitrogens is 1. The van der Waals surface area contributed by atoms with Crippen LogP contribution < -0.4 is 10.2 Å². The molecular weight excluding hydrogens is 619 g/mol. The zero-order valence-electron chi connectivity index (χ0n) is 23.3. The van der Waals surface area contributed by atoms with E-state index in [2.05, 4.69) is 10.3 Å². The van der Waals surface area contributed by atoms with Gasteiger partial charge in [-0.1, -0.05) is 35.9 Å². The maximum absolute atomic E-state index is 15.1. The van der Waals surface area contributed by atoms with Crippen molar-refractivity contribution in [3.05, 3.63) is 94.1 Å². The molecule has 232 valence electrons. The molecule has 2 N–H and O–H groups in total. The van der Waals surface area contributed by atoms with E-state index in [0.29, 0.717) is 50.3 Å². The number of carbonyl (C=O) groups is 2. The number of amides is 1. The lowest BCUT2D eigenvalue weighted by Crippen LogP contribution is -2.54. The molecule has 0 saturated carbocycles. The van der Waals surface area contributed by atoms with Crippen molar-refractivity contribution in [3.8, 4) is 17.2 Å². The van der Waals surface area contributed by atoms with Crippen molar-refractivity contribution in [2.75, 3.05) is 18.1 Å². The van der Waals surface area contributed by atoms with E-state index in [9.17, 15) is 27.9 Å². The van der Waals surface area contributed by atoms with Crippen LogP contribution >= 0.6 is 11.6 Å². The minimum Gasteiger partial charge on any atom is -0.393 e. The molecule has 1 aliphatic rings. The summed E-state index contributed by atoms with van der Waals surface area (Å²) in [6.07, 6.45) is -3.22. The summed E-state index contributed by atoms with van der Waals surface area (Å²) < 4.78 is 70.6. The number of fused-ring (bicyclic) bond motifs is 1. The van der Waals surface area contributed by atoms with Gasteiger partial charge in [-0.3, -0.25) is 9.78 Å². The number of benzene rings is 3. The number of hydrogen-bond donors (Lipinski definition) is 2. The molecule has 1 aromatic heterocycles. The number of alkyl halides is 3. The van der Waals surface area contributed by atoms with Crippen molar-refractivity contribution in [2.24, 2.45) is 0 Å². The first-order chi connectivity index (χ1) is 21.4. The third-order valence-corrected chi connectivity index (χ3v) is 8.15. The van der Waals surface area contributed by atoms with Crippen LogP contribution in [0.25, 0.3) is 22.0 Å². The second-order valence-electron chi connectivity index (χ2n) is 10.7. The van der Waals surface area contributed by atoms with Crippen LogP contribution in [0.1, 0.15) is 34.3 Å². The van der Waals surface area contributed by atoms with Gasteiger partial charge in [0.15, 0.2) is 0 Å². The fourth-order valence-corrected chi connectivity index (χ4v) is 5.92. The number of aldehydes is 1. The van der Waals surface area contributed by atoms with Crippen molar-refractivity contribution in [1.82, 2.24) is 10.3 Å². The summed E-state index contributed by atoms with van der Waals surface area (Å²) in [7, 11) is 0. The van der Waals surface area contributed by atoms with E-state index in [0.717, 1.165) is 4.90 Å². The Hall–Kier alpha value is -4.60. The van der Waals surface area contributed by atoms with E-state index in [4.69, 9.17) is 16.9 Å². The Bertz CT molecular complexity index is 1820. The van der Waals surface area contributed by atoms with Crippen LogP contribution in [0.3, 0.4) is 0 Å². The Morgan fingerprint density at radius 1 is 1.13 bits per heavy atom. The second-order valence-corrected chi connectivity index (χ2v) is 11.1. The Labute approximate surface area is 258 Å². The first kappa shape index (κ1) is 31.8. The van der Waals surface area contributed by atoms with E-state index < -0.39 is 47.5 Å². The molecule has 5 rings (SSSR count). The van der Waals surface area contributed by atoms with Crippen molar-refractivity contribution in [1.29, 1.82) is 5.26 Å². The molecule has 0 radical (unpaired) electrons. The van der Waals surface area contributed by atoms with Crippen molar-refractivity contribution >= 4 is 40.4 Å². The summed E-state index contributed by atoms with van der Waals surface area (Å²) in [5.74, 6) is -4.23. The van der Waals surface area contributed by atoms with Crippen LogP contribution in [0.2, 0.25) is 5.02 Å². The van der Waals surface area contributed by atoms with E-state index in [1.807, 2.05) is 6.07 Å². The number of aliphatic hydroxyl groups is 1. The first-order valence-corrected chi connectivity index (χ1v) is 14.1. The number of nitrogens with zero attached hydrogens (tertiary/aromatic N) is 3. The fraction of sp³-hybridized carbons (Fsp3) is 0.250. The Morgan fingerprint density at radius 3 is 2.47 bits per heavy atom. The molecule has 2 atom stereocenters. The Balaban J connectivity index is 1.46. The molecule has 1 aliphatic heterocycles. The maximum Gasteiger partial charge on any atom is 0.408 e. The number of rotatable bonds is 8. The third-order valence-electron chi connectivity index (χ3n) is 7.84. The van der Waals surface area contributed by atoms with E-state index in [1.165, 1.54) is 12.3 Å². The lowest BCUT2D eigenvalue weighted by atomic mass is 9.88. The molecule has 13 heteroatoms. The second kappa shape index (κ2) is 12.4. The number of hydrogen-bond acceptors (Lipinski definition) is 6. The van der Waals surface area contributed by atoms with Crippen LogP contribution in [-0.4, -0.2) is 53.2 Å². The van der Waals surface area contributed by atoms with Crippen LogP contribution in [-0.2, 0) is 11.2 Å². The molecule has 7 nitrogen and oxygen atoms in total. The molecule has 1 amide bonds. The van der Waals surface area contributed by atoms with Crippen LogP contribution in [0, 0.1) is 23.0 Å². The van der Waals surface area contributed by atoms with Gasteiger partial charge in [0.2, 0.25) is 0 Å². The molecule has 0 spiro atoms. The van der Waals surface area contributed by atoms with E-state index in [-0.39, 0.29) is 37.8 Å². The average molecular weight is 643 g/mol. The molecule has 0 aliphatic carbocycles. The highest BCUT2D eigenvalue weighted by atomic mass is 35.5. The van der Waals surface area contributed by atoms with Gasteiger partial charge in [-0.2, -0.15) is 18.4 Å². The van der Waals surface area contributed by atoms with Gasteiger partial charge in [0.1, 0.15) is 35.1 Å². The molecule has 1 saturated heterocycles. The van der Waals surface area contributed by atoms with E-state index >= 15 is 8.78 Å². The maximum atomic E-state index is 15.1. The monoisotopic (exact) mass is 642 g/mol. The first-order valence-electron chi connectivity index (χ1n) is 13.7. The van der Waals surface area contributed by atoms with Gasteiger partial charge < -0.3 is 20.1 Å². The summed E-state index contributed by atoms with van der Waals surface area (Å²) in [5.41, 5.74) is -1.09. The molecule has 4 aromatic rings. The standard InChI is InChI=1S/C32H24ClF5N4O3/c33-24-11-18(15-39)5-7-22(24)23-8-6-19(21-3-1-9-40-29(21)23)14-31(16-43,17-44)41-30(45)28-25(34)12-20(13-26(28)35)42-10-2-4-27(42)32(36,37)38/h1,3,5-9,11-13,16,27,44H,2,4,10,14,17H2,(H,41,45)/t27-,31-/m1/s1. The van der Waals surface area contributed by atoms with E-state index in [1.54, 1.807) is 36.4 Å². The lowest BCUT2D eigenvalue weighted by Gasteiger charge is -2.30. The Kier molecular flexibility index (Phi) is 8.78. The number of carbonyl (C=O) groups excluding carboxylic acids is 2. The highest BCUT2D eigenvalue weighted by Crippen LogP contribution is 2.38. The summed E-state index contributed by atoms with van der Waals surface area (Å²) in [6, 6.07) is 12.7. The summed E-state index contributed by atoms with van der Waals surface area (Å²) >= 11 is 6.43. The highest BCUT2D eigenvalue weighted by molar-refractivity contribution is 6.33. The van der Waals surface area contributed by atoms with Gasteiger partial charge in [0.25, 0.3) is 5.91 Å². The molecule has 1 fully saturated rings. The predicted octanol–water partition coefficient (Wildman–Crippen LogP) is 6.14.